The van der Waals surface area contributed by atoms with Gasteiger partial charge < -0.3 is 20.5 Å². The molecular formula is C14H15ClN2O4. The van der Waals surface area contributed by atoms with E-state index in [1.54, 1.807) is 19.1 Å². The van der Waals surface area contributed by atoms with Gasteiger partial charge in [0.1, 0.15) is 11.8 Å². The molecule has 0 aliphatic carbocycles. The van der Waals surface area contributed by atoms with Crippen LogP contribution < -0.4 is 15.4 Å². The minimum Gasteiger partial charge on any atom is -0.495 e. The number of hydrogen-bond acceptors (Lipinski definition) is 3. The monoisotopic (exact) mass is 310 g/mol. The highest BCUT2D eigenvalue weighted by molar-refractivity contribution is 6.31. The number of rotatable bonds is 5. The highest BCUT2D eigenvalue weighted by Gasteiger charge is 2.19. The molecule has 1 unspecified atom stereocenters. The maximum absolute atomic E-state index is 11.8. The van der Waals surface area contributed by atoms with Crippen LogP contribution in [0.4, 0.5) is 10.5 Å². The van der Waals surface area contributed by atoms with Crippen molar-refractivity contribution in [2.45, 2.75) is 19.4 Å². The fraction of sp³-hybridized carbons (Fsp3) is 0.286. The third-order valence-electron chi connectivity index (χ3n) is 2.65. The molecule has 0 fully saturated rings. The van der Waals surface area contributed by atoms with Crippen LogP contribution in [0.25, 0.3) is 0 Å². The Morgan fingerprint density at radius 3 is 2.71 bits per heavy atom. The molecule has 1 atom stereocenters. The van der Waals surface area contributed by atoms with Crippen LogP contribution in [0.3, 0.4) is 0 Å². The molecule has 2 amide bonds. The number of aryl methyl sites for hydroxylation is 1. The van der Waals surface area contributed by atoms with Crippen molar-refractivity contribution in [2.75, 3.05) is 12.4 Å². The summed E-state index contributed by atoms with van der Waals surface area (Å²) in [6.07, 6.45) is 4.95. The Hall–Kier alpha value is -2.39. The fourth-order valence-corrected chi connectivity index (χ4v) is 1.72. The number of urea groups is 1. The Morgan fingerprint density at radius 1 is 1.52 bits per heavy atom. The quantitative estimate of drug-likeness (QED) is 0.728. The minimum atomic E-state index is -1.21. The van der Waals surface area contributed by atoms with E-state index in [0.29, 0.717) is 16.5 Å². The number of carbonyl (C=O) groups is 2. The van der Waals surface area contributed by atoms with Crippen LogP contribution in [-0.4, -0.2) is 30.3 Å². The van der Waals surface area contributed by atoms with Crippen molar-refractivity contribution in [3.8, 4) is 18.1 Å². The number of anilines is 1. The normalized spacial score (nSPS) is 11.1. The lowest BCUT2D eigenvalue weighted by Gasteiger charge is -2.15. The van der Waals surface area contributed by atoms with Gasteiger partial charge in [-0.1, -0.05) is 11.6 Å². The second-order valence-corrected chi connectivity index (χ2v) is 4.61. The van der Waals surface area contributed by atoms with Crippen LogP contribution >= 0.6 is 11.6 Å². The van der Waals surface area contributed by atoms with Crippen molar-refractivity contribution < 1.29 is 19.4 Å². The molecule has 1 aromatic rings. The first-order valence-electron chi connectivity index (χ1n) is 5.97. The number of terminal acetylenes is 1. The fourth-order valence-electron chi connectivity index (χ4n) is 1.56. The standard InChI is InChI=1S/C14H15ClN2O4/c1-4-5-10(13(18)19)16-14(20)17-11-6-8(2)9(15)7-12(11)21-3/h1,6-7,10H,5H2,2-3H3,(H,18,19)(H2,16,17,20). The molecular weight excluding hydrogens is 296 g/mol. The topological polar surface area (TPSA) is 87.7 Å². The van der Waals surface area contributed by atoms with Gasteiger partial charge in [-0.2, -0.15) is 0 Å². The summed E-state index contributed by atoms with van der Waals surface area (Å²) in [4.78, 5) is 22.7. The predicted molar refractivity (Wildman–Crippen MR) is 79.8 cm³/mol. The van der Waals surface area contributed by atoms with Crippen LogP contribution in [0, 0.1) is 19.3 Å². The van der Waals surface area contributed by atoms with E-state index in [9.17, 15) is 9.59 Å². The van der Waals surface area contributed by atoms with Crippen molar-refractivity contribution in [1.82, 2.24) is 5.32 Å². The third-order valence-corrected chi connectivity index (χ3v) is 3.06. The maximum atomic E-state index is 11.8. The molecule has 0 saturated heterocycles. The first-order valence-corrected chi connectivity index (χ1v) is 6.34. The van der Waals surface area contributed by atoms with Crippen molar-refractivity contribution in [1.29, 1.82) is 0 Å². The molecule has 0 radical (unpaired) electrons. The maximum Gasteiger partial charge on any atom is 0.327 e. The number of aliphatic carboxylic acids is 1. The number of halogens is 1. The zero-order valence-electron chi connectivity index (χ0n) is 11.6. The lowest BCUT2D eigenvalue weighted by Crippen LogP contribution is -2.42. The van der Waals surface area contributed by atoms with E-state index in [2.05, 4.69) is 16.6 Å². The zero-order chi connectivity index (χ0) is 16.0. The van der Waals surface area contributed by atoms with Gasteiger partial charge in [-0.25, -0.2) is 9.59 Å². The summed E-state index contributed by atoms with van der Waals surface area (Å²) in [6.45, 7) is 1.77. The molecule has 7 heteroatoms. The lowest BCUT2D eigenvalue weighted by atomic mass is 10.2. The zero-order valence-corrected chi connectivity index (χ0v) is 12.3. The van der Waals surface area contributed by atoms with Gasteiger partial charge >= 0.3 is 12.0 Å². The molecule has 112 valence electrons. The number of amides is 2. The van der Waals surface area contributed by atoms with Crippen molar-refractivity contribution in [3.05, 3.63) is 22.7 Å². The average molecular weight is 311 g/mol. The Kier molecular flexibility index (Phi) is 5.88. The van der Waals surface area contributed by atoms with Crippen LogP contribution in [0.15, 0.2) is 12.1 Å². The van der Waals surface area contributed by atoms with Gasteiger partial charge in [0.15, 0.2) is 0 Å². The Bertz CT molecular complexity index is 595. The second kappa shape index (κ2) is 7.41. The summed E-state index contributed by atoms with van der Waals surface area (Å²) in [7, 11) is 1.43. The molecule has 21 heavy (non-hydrogen) atoms. The third kappa shape index (κ3) is 4.58. The van der Waals surface area contributed by atoms with Gasteiger partial charge in [-0.15, -0.1) is 12.3 Å². The van der Waals surface area contributed by atoms with Gasteiger partial charge in [-0.05, 0) is 18.6 Å². The summed E-state index contributed by atoms with van der Waals surface area (Å²) in [5.74, 6) is 1.35. The van der Waals surface area contributed by atoms with Crippen molar-refractivity contribution in [3.63, 3.8) is 0 Å². The van der Waals surface area contributed by atoms with E-state index in [1.807, 2.05) is 0 Å². The first-order chi connectivity index (χ1) is 9.88. The van der Waals surface area contributed by atoms with Gasteiger partial charge in [0.05, 0.1) is 12.8 Å². The lowest BCUT2D eigenvalue weighted by molar-refractivity contribution is -0.139. The molecule has 1 rings (SSSR count). The number of carboxylic acid groups (broad SMARTS) is 1. The first kappa shape index (κ1) is 16.7. The summed E-state index contributed by atoms with van der Waals surface area (Å²) < 4.78 is 5.11. The van der Waals surface area contributed by atoms with E-state index < -0.39 is 18.0 Å². The highest BCUT2D eigenvalue weighted by atomic mass is 35.5. The van der Waals surface area contributed by atoms with Crippen molar-refractivity contribution >= 4 is 29.3 Å². The van der Waals surface area contributed by atoms with Gasteiger partial charge in [0, 0.05) is 17.5 Å². The van der Waals surface area contributed by atoms with E-state index in [0.717, 1.165) is 5.56 Å². The van der Waals surface area contributed by atoms with Gasteiger partial charge in [0.2, 0.25) is 0 Å². The number of nitrogens with one attached hydrogen (secondary N) is 2. The molecule has 0 aliphatic heterocycles. The molecule has 0 saturated carbocycles. The molecule has 1 aromatic carbocycles. The Morgan fingerprint density at radius 2 is 2.19 bits per heavy atom. The van der Waals surface area contributed by atoms with Crippen LogP contribution in [-0.2, 0) is 4.79 Å². The van der Waals surface area contributed by atoms with E-state index in [4.69, 9.17) is 27.9 Å². The van der Waals surface area contributed by atoms with Crippen LogP contribution in [0.2, 0.25) is 5.02 Å². The van der Waals surface area contributed by atoms with E-state index in [1.165, 1.54) is 7.11 Å². The minimum absolute atomic E-state index is 0.112. The van der Waals surface area contributed by atoms with Crippen LogP contribution in [0.1, 0.15) is 12.0 Å². The van der Waals surface area contributed by atoms with Gasteiger partial charge in [-0.3, -0.25) is 0 Å². The summed E-state index contributed by atoms with van der Waals surface area (Å²) in [5.41, 5.74) is 1.12. The average Bonchev–Trinajstić information content (AvgIpc) is 2.42. The summed E-state index contributed by atoms with van der Waals surface area (Å²) in [6, 6.07) is 1.33. The molecule has 0 aromatic heterocycles. The van der Waals surface area contributed by atoms with E-state index >= 15 is 0 Å². The summed E-state index contributed by atoms with van der Waals surface area (Å²) in [5, 5.41) is 14.2. The predicted octanol–water partition coefficient (Wildman–Crippen LogP) is 2.26. The molecule has 0 aliphatic rings. The largest absolute Gasteiger partial charge is 0.495 e. The molecule has 3 N–H and O–H groups in total. The Labute approximate surface area is 127 Å². The van der Waals surface area contributed by atoms with E-state index in [-0.39, 0.29) is 6.42 Å². The number of carboxylic acids is 1. The molecule has 0 heterocycles. The SMILES string of the molecule is C#CCC(NC(=O)Nc1cc(C)c(Cl)cc1OC)C(=O)O. The van der Waals surface area contributed by atoms with Crippen molar-refractivity contribution in [2.24, 2.45) is 0 Å². The molecule has 0 bridgehead atoms. The molecule has 6 nitrogen and oxygen atoms in total. The smallest absolute Gasteiger partial charge is 0.327 e. The molecule has 0 spiro atoms. The Balaban J connectivity index is 2.86. The van der Waals surface area contributed by atoms with Crippen LogP contribution in [0.5, 0.6) is 5.75 Å². The number of carbonyl (C=O) groups excluding carboxylic acids is 1. The number of hydrogen-bond donors (Lipinski definition) is 3. The number of methoxy groups -OCH3 is 1. The summed E-state index contributed by atoms with van der Waals surface area (Å²) >= 11 is 5.96. The number of ether oxygens (including phenoxy) is 1. The highest BCUT2D eigenvalue weighted by Crippen LogP contribution is 2.30. The number of benzene rings is 1. The second-order valence-electron chi connectivity index (χ2n) is 4.20. The van der Waals surface area contributed by atoms with Gasteiger partial charge in [0.25, 0.3) is 0 Å².